The van der Waals surface area contributed by atoms with Crippen molar-refractivity contribution in [3.63, 3.8) is 0 Å². The normalized spacial score (nSPS) is 18.8. The van der Waals surface area contributed by atoms with Crippen LogP contribution in [-0.4, -0.2) is 40.0 Å². The summed E-state index contributed by atoms with van der Waals surface area (Å²) in [5.41, 5.74) is 1.05. The maximum Gasteiger partial charge on any atom is 0.240 e. The number of nitrogens with one attached hydrogen (secondary N) is 3. The fraction of sp³-hybridized carbons (Fsp3) is 0.611. The second-order valence-corrected chi connectivity index (χ2v) is 9.30. The maximum absolute atomic E-state index is 12.3. The second kappa shape index (κ2) is 8.29. The van der Waals surface area contributed by atoms with Gasteiger partial charge in [-0.3, -0.25) is 4.79 Å². The lowest BCUT2D eigenvalue weighted by atomic mass is 9.87. The first kappa shape index (κ1) is 19.9. The molecule has 1 heterocycles. The fourth-order valence-electron chi connectivity index (χ4n) is 2.79. The van der Waals surface area contributed by atoms with E-state index in [9.17, 15) is 13.2 Å². The molecule has 0 radical (unpaired) electrons. The molecule has 1 aliphatic rings. The molecular weight excluding hydrogens is 338 g/mol. The van der Waals surface area contributed by atoms with E-state index >= 15 is 0 Å². The summed E-state index contributed by atoms with van der Waals surface area (Å²) in [6.07, 6.45) is 2.14. The summed E-state index contributed by atoms with van der Waals surface area (Å²) < 4.78 is 27.1. The van der Waals surface area contributed by atoms with Crippen LogP contribution >= 0.6 is 0 Å². The molecule has 2 rings (SSSR count). The number of carbonyl (C=O) groups is 1. The quantitative estimate of drug-likeness (QED) is 0.711. The van der Waals surface area contributed by atoms with E-state index in [1.54, 1.807) is 12.1 Å². The highest BCUT2D eigenvalue weighted by Gasteiger charge is 2.19. The van der Waals surface area contributed by atoms with E-state index in [-0.39, 0.29) is 35.2 Å². The summed E-state index contributed by atoms with van der Waals surface area (Å²) in [6.45, 7) is 8.09. The van der Waals surface area contributed by atoms with Gasteiger partial charge in [0.15, 0.2) is 0 Å². The largest absolute Gasteiger partial charge is 0.352 e. The van der Waals surface area contributed by atoms with Crippen molar-refractivity contribution < 1.29 is 13.2 Å². The minimum absolute atomic E-state index is 0.0260. The van der Waals surface area contributed by atoms with Crippen LogP contribution in [0.15, 0.2) is 29.2 Å². The number of benzene rings is 1. The third kappa shape index (κ3) is 6.09. The van der Waals surface area contributed by atoms with E-state index < -0.39 is 10.0 Å². The molecule has 1 fully saturated rings. The molecule has 1 saturated heterocycles. The van der Waals surface area contributed by atoms with Crippen LogP contribution < -0.4 is 15.4 Å². The number of carbonyl (C=O) groups excluding carboxylic acids is 1. The minimum Gasteiger partial charge on any atom is -0.352 e. The standard InChI is InChI=1S/C18H29N3O3S/c1-18(2,3)14-6-8-16(9-7-14)25(23,24)20-12-10-17(22)21-15-5-4-11-19-13-15/h6-9,15,19-20H,4-5,10-13H2,1-3H3,(H,21,22)/t15-/m0/s1. The van der Waals surface area contributed by atoms with Gasteiger partial charge in [-0.15, -0.1) is 0 Å². The van der Waals surface area contributed by atoms with E-state index in [1.807, 2.05) is 12.1 Å². The molecular formula is C18H29N3O3S. The highest BCUT2D eigenvalue weighted by molar-refractivity contribution is 7.89. The molecule has 140 valence electrons. The lowest BCUT2D eigenvalue weighted by Gasteiger charge is -2.23. The van der Waals surface area contributed by atoms with E-state index in [4.69, 9.17) is 0 Å². The number of hydrogen-bond donors (Lipinski definition) is 3. The molecule has 6 nitrogen and oxygen atoms in total. The van der Waals surface area contributed by atoms with Gasteiger partial charge in [0.05, 0.1) is 4.90 Å². The molecule has 1 atom stereocenters. The molecule has 1 aromatic carbocycles. The van der Waals surface area contributed by atoms with E-state index in [0.717, 1.165) is 31.5 Å². The molecule has 1 aliphatic heterocycles. The topological polar surface area (TPSA) is 87.3 Å². The Morgan fingerprint density at radius 1 is 1.24 bits per heavy atom. The van der Waals surface area contributed by atoms with Gasteiger partial charge in [-0.1, -0.05) is 32.9 Å². The van der Waals surface area contributed by atoms with Crippen LogP contribution in [0.1, 0.15) is 45.6 Å². The Morgan fingerprint density at radius 2 is 1.92 bits per heavy atom. The lowest BCUT2D eigenvalue weighted by molar-refractivity contribution is -0.121. The summed E-state index contributed by atoms with van der Waals surface area (Å²) in [6, 6.07) is 7.02. The zero-order valence-electron chi connectivity index (χ0n) is 15.3. The number of piperidine rings is 1. The van der Waals surface area contributed by atoms with Crippen molar-refractivity contribution in [3.8, 4) is 0 Å². The number of rotatable bonds is 6. The molecule has 0 aliphatic carbocycles. The SMILES string of the molecule is CC(C)(C)c1ccc(S(=O)(=O)NCCC(=O)N[C@H]2CCCNC2)cc1. The van der Waals surface area contributed by atoms with Crippen LogP contribution in [0.25, 0.3) is 0 Å². The summed E-state index contributed by atoms with van der Waals surface area (Å²) >= 11 is 0. The van der Waals surface area contributed by atoms with Gasteiger partial charge < -0.3 is 10.6 Å². The van der Waals surface area contributed by atoms with Gasteiger partial charge >= 0.3 is 0 Å². The van der Waals surface area contributed by atoms with Crippen LogP contribution in [0.2, 0.25) is 0 Å². The third-order valence-corrected chi connectivity index (χ3v) is 5.81. The Balaban J connectivity index is 1.83. The van der Waals surface area contributed by atoms with Crippen molar-refractivity contribution in [2.75, 3.05) is 19.6 Å². The Hall–Kier alpha value is -1.44. The van der Waals surface area contributed by atoms with Crippen molar-refractivity contribution in [2.45, 2.75) is 56.4 Å². The van der Waals surface area contributed by atoms with Gasteiger partial charge in [0.1, 0.15) is 0 Å². The first-order valence-corrected chi connectivity index (χ1v) is 10.3. The van der Waals surface area contributed by atoms with Gasteiger partial charge in [-0.2, -0.15) is 0 Å². The zero-order valence-corrected chi connectivity index (χ0v) is 16.1. The second-order valence-electron chi connectivity index (χ2n) is 7.53. The van der Waals surface area contributed by atoms with Crippen molar-refractivity contribution in [1.82, 2.24) is 15.4 Å². The molecule has 7 heteroatoms. The van der Waals surface area contributed by atoms with E-state index in [2.05, 4.69) is 36.1 Å². The smallest absolute Gasteiger partial charge is 0.240 e. The van der Waals surface area contributed by atoms with Gasteiger partial charge in [0, 0.05) is 25.6 Å². The zero-order chi connectivity index (χ0) is 18.5. The molecule has 25 heavy (non-hydrogen) atoms. The molecule has 1 aromatic rings. The molecule has 0 bridgehead atoms. The predicted molar refractivity (Wildman–Crippen MR) is 99.0 cm³/mol. The van der Waals surface area contributed by atoms with Crippen LogP contribution in [0.5, 0.6) is 0 Å². The Kier molecular flexibility index (Phi) is 6.59. The van der Waals surface area contributed by atoms with Crippen LogP contribution in [0.3, 0.4) is 0 Å². The molecule has 1 amide bonds. The third-order valence-electron chi connectivity index (χ3n) is 4.34. The number of sulfonamides is 1. The average Bonchev–Trinajstić information content (AvgIpc) is 2.55. The van der Waals surface area contributed by atoms with E-state index in [1.165, 1.54) is 0 Å². The highest BCUT2D eigenvalue weighted by atomic mass is 32.2. The van der Waals surface area contributed by atoms with Gasteiger partial charge in [-0.05, 0) is 42.5 Å². The summed E-state index contributed by atoms with van der Waals surface area (Å²) in [5.74, 6) is -0.125. The van der Waals surface area contributed by atoms with Gasteiger partial charge in [-0.25, -0.2) is 13.1 Å². The molecule has 0 saturated carbocycles. The minimum atomic E-state index is -3.59. The summed E-state index contributed by atoms with van der Waals surface area (Å²) in [5, 5.41) is 6.16. The monoisotopic (exact) mass is 367 g/mol. The summed E-state index contributed by atoms with van der Waals surface area (Å²) in [7, 11) is -3.59. The molecule has 3 N–H and O–H groups in total. The number of hydrogen-bond acceptors (Lipinski definition) is 4. The Bertz CT molecular complexity index is 673. The Labute approximate surface area is 150 Å². The van der Waals surface area contributed by atoms with Crippen molar-refractivity contribution in [1.29, 1.82) is 0 Å². The number of amides is 1. The predicted octanol–water partition coefficient (Wildman–Crippen LogP) is 1.52. The first-order chi connectivity index (χ1) is 11.7. The fourth-order valence-corrected chi connectivity index (χ4v) is 3.82. The average molecular weight is 368 g/mol. The van der Waals surface area contributed by atoms with Crippen LogP contribution in [0, 0.1) is 0 Å². The van der Waals surface area contributed by atoms with E-state index in [0.29, 0.717) is 0 Å². The maximum atomic E-state index is 12.3. The van der Waals surface area contributed by atoms with Gasteiger partial charge in [0.25, 0.3) is 0 Å². The van der Waals surface area contributed by atoms with Crippen LogP contribution in [-0.2, 0) is 20.2 Å². The van der Waals surface area contributed by atoms with Gasteiger partial charge in [0.2, 0.25) is 15.9 Å². The first-order valence-electron chi connectivity index (χ1n) is 8.79. The van der Waals surface area contributed by atoms with Crippen molar-refractivity contribution in [3.05, 3.63) is 29.8 Å². The molecule has 0 aromatic heterocycles. The van der Waals surface area contributed by atoms with Crippen molar-refractivity contribution in [2.24, 2.45) is 0 Å². The Morgan fingerprint density at radius 3 is 2.48 bits per heavy atom. The summed E-state index contributed by atoms with van der Waals surface area (Å²) in [4.78, 5) is 12.1. The lowest BCUT2D eigenvalue weighted by Crippen LogP contribution is -2.46. The van der Waals surface area contributed by atoms with Crippen molar-refractivity contribution >= 4 is 15.9 Å². The van der Waals surface area contributed by atoms with Crippen LogP contribution in [0.4, 0.5) is 0 Å². The molecule has 0 unspecified atom stereocenters. The molecule has 0 spiro atoms. The highest BCUT2D eigenvalue weighted by Crippen LogP contribution is 2.23.